The van der Waals surface area contributed by atoms with Crippen LogP contribution in [0.15, 0.2) is 36.7 Å². The van der Waals surface area contributed by atoms with Gasteiger partial charge in [-0.05, 0) is 31.7 Å². The van der Waals surface area contributed by atoms with Crippen LogP contribution in [0, 0.1) is 6.92 Å². The quantitative estimate of drug-likeness (QED) is 0.865. The van der Waals surface area contributed by atoms with Gasteiger partial charge in [0.15, 0.2) is 0 Å². The Kier molecular flexibility index (Phi) is 5.31. The summed E-state index contributed by atoms with van der Waals surface area (Å²) in [5, 5.41) is 2.84. The van der Waals surface area contributed by atoms with E-state index in [1.54, 1.807) is 4.90 Å². The second-order valence-electron chi connectivity index (χ2n) is 6.65. The van der Waals surface area contributed by atoms with Crippen LogP contribution in [0.2, 0.25) is 0 Å². The molecule has 9 heteroatoms. The van der Waals surface area contributed by atoms with Gasteiger partial charge >= 0.3 is 6.18 Å². The van der Waals surface area contributed by atoms with E-state index in [-0.39, 0.29) is 24.3 Å². The van der Waals surface area contributed by atoms with E-state index in [1.165, 1.54) is 0 Å². The summed E-state index contributed by atoms with van der Waals surface area (Å²) in [7, 11) is 1.82. The zero-order chi connectivity index (χ0) is 19.6. The molecule has 0 atom stereocenters. The molecular formula is C18H20F3N5O. The van der Waals surface area contributed by atoms with Gasteiger partial charge in [-0.25, -0.2) is 9.97 Å². The summed E-state index contributed by atoms with van der Waals surface area (Å²) in [4.78, 5) is 23.0. The monoisotopic (exact) mass is 379 g/mol. The van der Waals surface area contributed by atoms with Crippen LogP contribution in [0.5, 0.6) is 0 Å². The van der Waals surface area contributed by atoms with Crippen LogP contribution in [0.25, 0.3) is 0 Å². The van der Waals surface area contributed by atoms with E-state index in [0.717, 1.165) is 23.6 Å². The number of halogens is 3. The standard InChI is InChI=1S/C18H20F3N5O/c1-12-4-3-5-13(6-12)24-17(27)10-25(2)14-8-26(9-14)16-7-15(18(19,20)21)22-11-23-16/h3-7,11,14H,8-10H2,1-2H3,(H,24,27). The van der Waals surface area contributed by atoms with Crippen LogP contribution in [-0.4, -0.2) is 53.5 Å². The number of hydrogen-bond acceptors (Lipinski definition) is 5. The molecule has 1 aliphatic heterocycles. The van der Waals surface area contributed by atoms with E-state index in [9.17, 15) is 18.0 Å². The molecule has 0 saturated carbocycles. The largest absolute Gasteiger partial charge is 0.433 e. The molecule has 1 saturated heterocycles. The van der Waals surface area contributed by atoms with Gasteiger partial charge < -0.3 is 10.2 Å². The van der Waals surface area contributed by atoms with Gasteiger partial charge in [-0.15, -0.1) is 0 Å². The summed E-state index contributed by atoms with van der Waals surface area (Å²) >= 11 is 0. The maximum atomic E-state index is 12.7. The van der Waals surface area contributed by atoms with E-state index >= 15 is 0 Å². The highest BCUT2D eigenvalue weighted by Gasteiger charge is 2.36. The number of aryl methyl sites for hydroxylation is 1. The Morgan fingerprint density at radius 1 is 1.30 bits per heavy atom. The Bertz CT molecular complexity index is 821. The van der Waals surface area contributed by atoms with Gasteiger partial charge in [0.05, 0.1) is 6.54 Å². The molecule has 0 unspecified atom stereocenters. The molecule has 1 N–H and O–H groups in total. The molecule has 1 amide bonds. The number of benzene rings is 1. The number of anilines is 2. The number of nitrogens with zero attached hydrogens (tertiary/aromatic N) is 4. The topological polar surface area (TPSA) is 61.4 Å². The van der Waals surface area contributed by atoms with Crippen molar-refractivity contribution in [3.05, 3.63) is 47.9 Å². The van der Waals surface area contributed by atoms with Gasteiger partial charge in [-0.3, -0.25) is 9.69 Å². The first-order chi connectivity index (χ1) is 12.7. The fraction of sp³-hybridized carbons (Fsp3) is 0.389. The summed E-state index contributed by atoms with van der Waals surface area (Å²) in [5.41, 5.74) is 0.838. The molecule has 27 heavy (non-hydrogen) atoms. The van der Waals surface area contributed by atoms with Crippen LogP contribution in [0.3, 0.4) is 0 Å². The van der Waals surface area contributed by atoms with Crippen molar-refractivity contribution in [1.82, 2.24) is 14.9 Å². The van der Waals surface area contributed by atoms with Crippen LogP contribution in [0.1, 0.15) is 11.3 Å². The molecule has 0 bridgehead atoms. The normalized spacial score (nSPS) is 15.0. The summed E-state index contributed by atoms with van der Waals surface area (Å²) in [5.74, 6) is 0.106. The SMILES string of the molecule is Cc1cccc(NC(=O)CN(C)C2CN(c3cc(C(F)(F)F)ncn3)C2)c1. The van der Waals surface area contributed by atoms with Crippen molar-refractivity contribution in [3.63, 3.8) is 0 Å². The number of likely N-dealkylation sites (N-methyl/N-ethyl adjacent to an activating group) is 1. The molecule has 1 aliphatic rings. The molecule has 0 aliphatic carbocycles. The number of carbonyl (C=O) groups excluding carboxylic acids is 1. The maximum Gasteiger partial charge on any atom is 0.433 e. The van der Waals surface area contributed by atoms with Crippen molar-refractivity contribution in [1.29, 1.82) is 0 Å². The Hall–Kier alpha value is -2.68. The van der Waals surface area contributed by atoms with Crippen molar-refractivity contribution in [2.24, 2.45) is 0 Å². The molecule has 1 aromatic carbocycles. The lowest BCUT2D eigenvalue weighted by Gasteiger charge is -2.44. The smallest absolute Gasteiger partial charge is 0.353 e. The van der Waals surface area contributed by atoms with E-state index in [2.05, 4.69) is 15.3 Å². The van der Waals surface area contributed by atoms with Crippen molar-refractivity contribution in [3.8, 4) is 0 Å². The number of rotatable bonds is 5. The highest BCUT2D eigenvalue weighted by molar-refractivity contribution is 5.92. The van der Waals surface area contributed by atoms with E-state index < -0.39 is 11.9 Å². The summed E-state index contributed by atoms with van der Waals surface area (Å²) in [6, 6.07) is 8.54. The molecule has 2 aromatic rings. The summed E-state index contributed by atoms with van der Waals surface area (Å²) in [6.07, 6.45) is -3.57. The first kappa shape index (κ1) is 19.1. The zero-order valence-corrected chi connectivity index (χ0v) is 15.0. The predicted octanol–water partition coefficient (Wildman–Crippen LogP) is 2.56. The van der Waals surface area contributed by atoms with Crippen molar-refractivity contribution in [2.75, 3.05) is 36.9 Å². The molecule has 2 heterocycles. The lowest BCUT2D eigenvalue weighted by Crippen LogP contribution is -2.59. The molecule has 1 aromatic heterocycles. The third-order valence-electron chi connectivity index (χ3n) is 4.45. The molecule has 6 nitrogen and oxygen atoms in total. The van der Waals surface area contributed by atoms with Gasteiger partial charge in [-0.2, -0.15) is 13.2 Å². The summed E-state index contributed by atoms with van der Waals surface area (Å²) < 4.78 is 38.2. The predicted molar refractivity (Wildman–Crippen MR) is 95.5 cm³/mol. The Morgan fingerprint density at radius 2 is 2.04 bits per heavy atom. The molecular weight excluding hydrogens is 359 g/mol. The average Bonchev–Trinajstić information content (AvgIpc) is 2.52. The van der Waals surface area contributed by atoms with Crippen LogP contribution in [0.4, 0.5) is 24.7 Å². The summed E-state index contributed by atoms with van der Waals surface area (Å²) in [6.45, 7) is 3.15. The highest BCUT2D eigenvalue weighted by Crippen LogP contribution is 2.30. The molecule has 0 radical (unpaired) electrons. The second-order valence-corrected chi connectivity index (χ2v) is 6.65. The number of nitrogens with one attached hydrogen (secondary N) is 1. The number of aromatic nitrogens is 2. The molecule has 1 fully saturated rings. The highest BCUT2D eigenvalue weighted by atomic mass is 19.4. The van der Waals surface area contributed by atoms with Crippen molar-refractivity contribution < 1.29 is 18.0 Å². The van der Waals surface area contributed by atoms with Crippen molar-refractivity contribution in [2.45, 2.75) is 19.1 Å². The minimum atomic E-state index is -4.49. The third-order valence-corrected chi connectivity index (χ3v) is 4.45. The average molecular weight is 379 g/mol. The lowest BCUT2D eigenvalue weighted by molar-refractivity contribution is -0.141. The number of hydrogen-bond donors (Lipinski definition) is 1. The van der Waals surface area contributed by atoms with E-state index in [1.807, 2.05) is 43.1 Å². The first-order valence-electron chi connectivity index (χ1n) is 8.43. The number of amides is 1. The van der Waals surface area contributed by atoms with Gasteiger partial charge in [-0.1, -0.05) is 12.1 Å². The lowest BCUT2D eigenvalue weighted by atomic mass is 10.1. The van der Waals surface area contributed by atoms with Crippen LogP contribution in [-0.2, 0) is 11.0 Å². The van der Waals surface area contributed by atoms with Gasteiger partial charge in [0, 0.05) is 30.9 Å². The zero-order valence-electron chi connectivity index (χ0n) is 15.0. The van der Waals surface area contributed by atoms with Gasteiger partial charge in [0.2, 0.25) is 5.91 Å². The van der Waals surface area contributed by atoms with Crippen LogP contribution >= 0.6 is 0 Å². The van der Waals surface area contributed by atoms with Crippen LogP contribution < -0.4 is 10.2 Å². The maximum absolute atomic E-state index is 12.7. The number of alkyl halides is 3. The second kappa shape index (κ2) is 7.51. The van der Waals surface area contributed by atoms with E-state index in [0.29, 0.717) is 13.1 Å². The Labute approximate surface area is 155 Å². The minimum absolute atomic E-state index is 0.0672. The fourth-order valence-corrected chi connectivity index (χ4v) is 2.88. The minimum Gasteiger partial charge on any atom is -0.353 e. The third kappa shape index (κ3) is 4.73. The fourth-order valence-electron chi connectivity index (χ4n) is 2.88. The number of carbonyl (C=O) groups is 1. The van der Waals surface area contributed by atoms with Gasteiger partial charge in [0.25, 0.3) is 0 Å². The van der Waals surface area contributed by atoms with Gasteiger partial charge in [0.1, 0.15) is 17.8 Å². The molecule has 3 rings (SSSR count). The molecule has 144 valence electrons. The Balaban J connectivity index is 1.51. The Morgan fingerprint density at radius 3 is 2.70 bits per heavy atom. The van der Waals surface area contributed by atoms with E-state index in [4.69, 9.17) is 0 Å². The first-order valence-corrected chi connectivity index (χ1v) is 8.43. The molecule has 0 spiro atoms. The van der Waals surface area contributed by atoms with Crippen molar-refractivity contribution >= 4 is 17.4 Å².